The second-order valence-corrected chi connectivity index (χ2v) is 6.99. The predicted molar refractivity (Wildman–Crippen MR) is 109 cm³/mol. The van der Waals surface area contributed by atoms with Crippen molar-refractivity contribution in [1.82, 2.24) is 4.90 Å². The molecule has 0 bridgehead atoms. The van der Waals surface area contributed by atoms with Crippen LogP contribution in [0.3, 0.4) is 0 Å². The number of nitrogens with zero attached hydrogens (tertiary/aromatic N) is 2. The fraction of sp³-hybridized carbons (Fsp3) is 0.217. The normalized spacial score (nSPS) is 15.4. The number of carbonyl (C=O) groups excluding carboxylic acids is 1. The number of halogens is 1. The third-order valence-corrected chi connectivity index (χ3v) is 4.89. The molecule has 1 amide bonds. The van der Waals surface area contributed by atoms with Crippen molar-refractivity contribution < 1.29 is 23.2 Å². The summed E-state index contributed by atoms with van der Waals surface area (Å²) in [6, 6.07) is 16.9. The minimum Gasteiger partial charge on any atom is -0.497 e. The SMILES string of the molecule is COc1ccc(C2=NO[C@H](CN(Cc3ccc(F)cc3)C(=O)c3ccco3)C2)cc1. The minimum absolute atomic E-state index is 0.242. The third-order valence-electron chi connectivity index (χ3n) is 4.89. The highest BCUT2D eigenvalue weighted by molar-refractivity contribution is 6.01. The molecule has 0 saturated carbocycles. The molecule has 7 heteroatoms. The van der Waals surface area contributed by atoms with Crippen molar-refractivity contribution in [1.29, 1.82) is 0 Å². The van der Waals surface area contributed by atoms with Gasteiger partial charge in [0.1, 0.15) is 11.6 Å². The number of amides is 1. The van der Waals surface area contributed by atoms with E-state index in [2.05, 4.69) is 5.16 Å². The molecule has 4 rings (SSSR count). The molecule has 3 aromatic rings. The maximum atomic E-state index is 13.2. The van der Waals surface area contributed by atoms with Gasteiger partial charge in [0.2, 0.25) is 0 Å². The average Bonchev–Trinajstić information content (AvgIpc) is 3.47. The molecule has 0 radical (unpaired) electrons. The summed E-state index contributed by atoms with van der Waals surface area (Å²) in [6.45, 7) is 0.623. The summed E-state index contributed by atoms with van der Waals surface area (Å²) in [5, 5.41) is 4.20. The Bertz CT molecular complexity index is 1010. The van der Waals surface area contributed by atoms with Crippen LogP contribution < -0.4 is 4.74 Å². The monoisotopic (exact) mass is 408 g/mol. The van der Waals surface area contributed by atoms with Crippen molar-refractivity contribution in [2.24, 2.45) is 5.16 Å². The molecular formula is C23H21FN2O4. The van der Waals surface area contributed by atoms with Crippen molar-refractivity contribution in [2.45, 2.75) is 19.1 Å². The van der Waals surface area contributed by atoms with Gasteiger partial charge in [0.15, 0.2) is 11.9 Å². The van der Waals surface area contributed by atoms with Crippen LogP contribution in [0.2, 0.25) is 0 Å². The first kappa shape index (κ1) is 19.7. The molecule has 6 nitrogen and oxygen atoms in total. The topological polar surface area (TPSA) is 64.3 Å². The van der Waals surface area contributed by atoms with Crippen LogP contribution >= 0.6 is 0 Å². The third kappa shape index (κ3) is 4.51. The molecular weight excluding hydrogens is 387 g/mol. The standard InChI is InChI=1S/C23H21FN2O4/c1-28-19-10-6-17(7-11-19)21-13-20(30-25-21)15-26(23(27)22-3-2-12-29-22)14-16-4-8-18(24)9-5-16/h2-12,20H,13-15H2,1H3/t20-/m0/s1. The zero-order valence-electron chi connectivity index (χ0n) is 16.5. The summed E-state index contributed by atoms with van der Waals surface area (Å²) in [6.07, 6.45) is 1.74. The molecule has 1 aromatic heterocycles. The van der Waals surface area contributed by atoms with Gasteiger partial charge in [-0.3, -0.25) is 4.79 Å². The van der Waals surface area contributed by atoms with Crippen molar-refractivity contribution in [3.63, 3.8) is 0 Å². The highest BCUT2D eigenvalue weighted by Crippen LogP contribution is 2.21. The summed E-state index contributed by atoms with van der Waals surface area (Å²) >= 11 is 0. The van der Waals surface area contributed by atoms with Crippen LogP contribution in [-0.2, 0) is 11.4 Å². The number of furan rings is 1. The number of methoxy groups -OCH3 is 1. The Morgan fingerprint density at radius 3 is 2.60 bits per heavy atom. The molecule has 2 aromatic carbocycles. The summed E-state index contributed by atoms with van der Waals surface area (Å²) in [4.78, 5) is 20.2. The Labute approximate surface area is 173 Å². The van der Waals surface area contributed by atoms with Crippen LogP contribution in [0, 0.1) is 5.82 Å². The van der Waals surface area contributed by atoms with E-state index in [9.17, 15) is 9.18 Å². The summed E-state index contributed by atoms with van der Waals surface area (Å²) in [5.74, 6) is 0.431. The number of hydrogen-bond acceptors (Lipinski definition) is 5. The maximum absolute atomic E-state index is 13.2. The van der Waals surface area contributed by atoms with Gasteiger partial charge in [-0.1, -0.05) is 17.3 Å². The number of carbonyl (C=O) groups is 1. The Kier molecular flexibility index (Phi) is 5.79. The second-order valence-electron chi connectivity index (χ2n) is 6.99. The van der Waals surface area contributed by atoms with E-state index < -0.39 is 0 Å². The summed E-state index contributed by atoms with van der Waals surface area (Å²) in [7, 11) is 1.62. The quantitative estimate of drug-likeness (QED) is 0.586. The van der Waals surface area contributed by atoms with Crippen LogP contribution in [0.1, 0.15) is 28.1 Å². The largest absolute Gasteiger partial charge is 0.497 e. The van der Waals surface area contributed by atoms with Crippen LogP contribution in [0.4, 0.5) is 4.39 Å². The van der Waals surface area contributed by atoms with Crippen LogP contribution in [0.25, 0.3) is 0 Å². The van der Waals surface area contributed by atoms with Crippen molar-refractivity contribution in [3.8, 4) is 5.75 Å². The van der Waals surface area contributed by atoms with Gasteiger partial charge in [-0.25, -0.2) is 4.39 Å². The predicted octanol–water partition coefficient (Wildman–Crippen LogP) is 4.26. The first-order valence-electron chi connectivity index (χ1n) is 9.56. The zero-order valence-corrected chi connectivity index (χ0v) is 16.5. The Morgan fingerprint density at radius 1 is 1.17 bits per heavy atom. The zero-order chi connectivity index (χ0) is 20.9. The molecule has 0 fully saturated rings. The van der Waals surface area contributed by atoms with Crippen molar-refractivity contribution in [2.75, 3.05) is 13.7 Å². The lowest BCUT2D eigenvalue weighted by Crippen LogP contribution is -2.37. The van der Waals surface area contributed by atoms with E-state index in [1.54, 1.807) is 36.3 Å². The highest BCUT2D eigenvalue weighted by Gasteiger charge is 2.28. The molecule has 1 aliphatic heterocycles. The molecule has 0 saturated heterocycles. The second kappa shape index (κ2) is 8.82. The van der Waals surface area contributed by atoms with E-state index in [0.717, 1.165) is 22.6 Å². The lowest BCUT2D eigenvalue weighted by atomic mass is 10.0. The van der Waals surface area contributed by atoms with Gasteiger partial charge < -0.3 is 18.9 Å². The van der Waals surface area contributed by atoms with E-state index in [0.29, 0.717) is 19.5 Å². The average molecular weight is 408 g/mol. The Morgan fingerprint density at radius 2 is 1.93 bits per heavy atom. The Hall–Kier alpha value is -3.61. The van der Waals surface area contributed by atoms with Crippen LogP contribution in [0.15, 0.2) is 76.5 Å². The van der Waals surface area contributed by atoms with E-state index >= 15 is 0 Å². The Balaban J connectivity index is 1.46. The van der Waals surface area contributed by atoms with Gasteiger partial charge in [0.25, 0.3) is 5.91 Å². The number of rotatable bonds is 7. The number of hydrogen-bond donors (Lipinski definition) is 0. The molecule has 0 N–H and O–H groups in total. The van der Waals surface area contributed by atoms with Crippen LogP contribution in [0.5, 0.6) is 5.75 Å². The molecule has 2 heterocycles. The highest BCUT2D eigenvalue weighted by atomic mass is 19.1. The molecule has 0 unspecified atom stereocenters. The first-order chi connectivity index (χ1) is 14.6. The van der Waals surface area contributed by atoms with Gasteiger partial charge >= 0.3 is 0 Å². The maximum Gasteiger partial charge on any atom is 0.289 e. The van der Waals surface area contributed by atoms with Crippen molar-refractivity contribution >= 4 is 11.6 Å². The fourth-order valence-corrected chi connectivity index (χ4v) is 3.31. The lowest BCUT2D eigenvalue weighted by molar-refractivity contribution is 0.0387. The molecule has 0 aliphatic carbocycles. The van der Waals surface area contributed by atoms with Gasteiger partial charge in [-0.15, -0.1) is 0 Å². The first-order valence-corrected chi connectivity index (χ1v) is 9.56. The fourth-order valence-electron chi connectivity index (χ4n) is 3.31. The van der Waals surface area contributed by atoms with Gasteiger partial charge in [0.05, 0.1) is 25.6 Å². The van der Waals surface area contributed by atoms with E-state index in [1.807, 2.05) is 24.3 Å². The molecule has 1 aliphatic rings. The lowest BCUT2D eigenvalue weighted by Gasteiger charge is -2.24. The molecule has 1 atom stereocenters. The van der Waals surface area contributed by atoms with E-state index in [4.69, 9.17) is 14.0 Å². The number of ether oxygens (including phenoxy) is 1. The molecule has 0 spiro atoms. The summed E-state index contributed by atoms with van der Waals surface area (Å²) < 4.78 is 23.7. The van der Waals surface area contributed by atoms with Gasteiger partial charge in [0, 0.05) is 13.0 Å². The molecule has 30 heavy (non-hydrogen) atoms. The minimum atomic E-state index is -0.320. The van der Waals surface area contributed by atoms with E-state index in [-0.39, 0.29) is 23.6 Å². The molecule has 154 valence electrons. The summed E-state index contributed by atoms with van der Waals surface area (Å²) in [5.41, 5.74) is 2.57. The van der Waals surface area contributed by atoms with Crippen LogP contribution in [-0.4, -0.2) is 36.3 Å². The number of oxime groups is 1. The smallest absolute Gasteiger partial charge is 0.289 e. The van der Waals surface area contributed by atoms with Gasteiger partial charge in [-0.05, 0) is 59.7 Å². The number of benzene rings is 2. The van der Waals surface area contributed by atoms with E-state index in [1.165, 1.54) is 18.4 Å². The van der Waals surface area contributed by atoms with Gasteiger partial charge in [-0.2, -0.15) is 0 Å². The van der Waals surface area contributed by atoms with Crippen molar-refractivity contribution in [3.05, 3.63) is 89.6 Å².